The van der Waals surface area contributed by atoms with Crippen LogP contribution >= 0.6 is 0 Å². The van der Waals surface area contributed by atoms with E-state index in [1.54, 1.807) is 6.92 Å². The van der Waals surface area contributed by atoms with Crippen molar-refractivity contribution in [2.75, 3.05) is 0 Å². The lowest BCUT2D eigenvalue weighted by molar-refractivity contribution is -0.0963. The highest BCUT2D eigenvalue weighted by Gasteiger charge is 2.38. The molecule has 0 spiro atoms. The van der Waals surface area contributed by atoms with E-state index in [0.717, 1.165) is 18.2 Å². The van der Waals surface area contributed by atoms with E-state index in [-0.39, 0.29) is 29.9 Å². The molecule has 0 radical (unpaired) electrons. The van der Waals surface area contributed by atoms with Crippen molar-refractivity contribution in [2.24, 2.45) is 0 Å². The maximum atomic E-state index is 13.3. The number of aliphatic hydroxyl groups is 1. The zero-order valence-corrected chi connectivity index (χ0v) is 16.8. The summed E-state index contributed by atoms with van der Waals surface area (Å²) in [6, 6.07) is 0. The van der Waals surface area contributed by atoms with Crippen molar-refractivity contribution in [1.82, 2.24) is 0 Å². The molecule has 1 unspecified atom stereocenters. The highest BCUT2D eigenvalue weighted by Crippen LogP contribution is 2.36. The number of hydrogen-bond acceptors (Lipinski definition) is 2. The molecule has 0 aliphatic carbocycles. The van der Waals surface area contributed by atoms with Crippen LogP contribution in [0.4, 0.5) is 26.3 Å². The molecule has 0 heterocycles. The summed E-state index contributed by atoms with van der Waals surface area (Å²) < 4.78 is 82.6. The smallest absolute Gasteiger partial charge is 0.415 e. The monoisotopic (exact) mass is 424 g/mol. The van der Waals surface area contributed by atoms with E-state index >= 15 is 0 Å². The molecular formula is C21H26F6O2. The van der Waals surface area contributed by atoms with Crippen LogP contribution in [-0.2, 0) is 4.74 Å². The first kappa shape index (κ1) is 26.8. The maximum Gasteiger partial charge on any atom is 0.415 e. The molecule has 0 fully saturated rings. The number of halogens is 6. The van der Waals surface area contributed by atoms with Gasteiger partial charge in [0.25, 0.3) is 0 Å². The molecule has 0 bridgehead atoms. The van der Waals surface area contributed by atoms with Crippen molar-refractivity contribution >= 4 is 0 Å². The Hall–Kier alpha value is -2.22. The van der Waals surface area contributed by atoms with Crippen molar-refractivity contribution in [3.05, 3.63) is 71.8 Å². The lowest BCUT2D eigenvalue weighted by Gasteiger charge is -2.27. The minimum absolute atomic E-state index is 0.00984. The van der Waals surface area contributed by atoms with Crippen LogP contribution in [0.3, 0.4) is 0 Å². The van der Waals surface area contributed by atoms with E-state index in [2.05, 4.69) is 13.2 Å². The Morgan fingerprint density at radius 1 is 0.931 bits per heavy atom. The molecule has 0 saturated carbocycles. The molecule has 8 heteroatoms. The summed E-state index contributed by atoms with van der Waals surface area (Å²) in [5.74, 6) is -0.133. The van der Waals surface area contributed by atoms with Crippen molar-refractivity contribution in [3.63, 3.8) is 0 Å². The molecule has 0 amide bonds. The van der Waals surface area contributed by atoms with Crippen LogP contribution in [0.1, 0.15) is 40.5 Å². The van der Waals surface area contributed by atoms with E-state index in [4.69, 9.17) is 4.74 Å². The van der Waals surface area contributed by atoms with E-state index in [1.165, 1.54) is 26.8 Å². The van der Waals surface area contributed by atoms with Crippen LogP contribution in [0, 0.1) is 0 Å². The molecule has 2 nitrogen and oxygen atoms in total. The summed E-state index contributed by atoms with van der Waals surface area (Å²) in [6.07, 6.45) is -4.29. The lowest BCUT2D eigenvalue weighted by Crippen LogP contribution is -2.29. The molecule has 29 heavy (non-hydrogen) atoms. The van der Waals surface area contributed by atoms with Crippen molar-refractivity contribution in [3.8, 4) is 0 Å². The minimum Gasteiger partial charge on any atom is -0.458 e. The topological polar surface area (TPSA) is 29.5 Å². The molecule has 0 aliphatic heterocycles. The first-order valence-electron chi connectivity index (χ1n) is 8.78. The van der Waals surface area contributed by atoms with Crippen LogP contribution in [-0.4, -0.2) is 23.1 Å². The fraction of sp³-hybridized carbons (Fsp3) is 0.429. The van der Waals surface area contributed by atoms with Gasteiger partial charge in [-0.05, 0) is 56.6 Å². The number of allylic oxidation sites excluding steroid dienone is 6. The predicted molar refractivity (Wildman–Crippen MR) is 102 cm³/mol. The third kappa shape index (κ3) is 8.77. The number of alkyl halides is 6. The quantitative estimate of drug-likeness (QED) is 0.243. The second-order valence-corrected chi connectivity index (χ2v) is 6.32. The lowest BCUT2D eigenvalue weighted by atomic mass is 9.87. The van der Waals surface area contributed by atoms with Gasteiger partial charge in [-0.1, -0.05) is 33.1 Å². The molecule has 1 N–H and O–H groups in total. The number of hydrogen-bond donors (Lipinski definition) is 1. The van der Waals surface area contributed by atoms with Gasteiger partial charge >= 0.3 is 12.4 Å². The van der Waals surface area contributed by atoms with Gasteiger partial charge in [0, 0.05) is 11.1 Å². The summed E-state index contributed by atoms with van der Waals surface area (Å²) in [6.45, 7) is 12.0. The van der Waals surface area contributed by atoms with Gasteiger partial charge in [-0.2, -0.15) is 26.3 Å². The maximum absolute atomic E-state index is 13.3. The van der Waals surface area contributed by atoms with Crippen molar-refractivity contribution in [1.29, 1.82) is 0 Å². The first-order valence-corrected chi connectivity index (χ1v) is 8.78. The Morgan fingerprint density at radius 2 is 1.48 bits per heavy atom. The van der Waals surface area contributed by atoms with Gasteiger partial charge in [-0.15, -0.1) is 0 Å². The SMILES string of the molecule is C=C(/C=C\C(=C(/CC)C(F)(F)F)C(C)(O)CC)OC(/C=C\C(=C)C(F)(F)F)=C/C. The average Bonchev–Trinajstić information content (AvgIpc) is 2.59. The van der Waals surface area contributed by atoms with Gasteiger partial charge in [0.1, 0.15) is 11.5 Å². The van der Waals surface area contributed by atoms with Crippen LogP contribution < -0.4 is 0 Å². The second kappa shape index (κ2) is 10.5. The largest absolute Gasteiger partial charge is 0.458 e. The first-order chi connectivity index (χ1) is 13.1. The number of ether oxygens (including phenoxy) is 1. The standard InChI is InChI=1S/C21H26F6O2/c1-7-16(12-10-14(4)20(22,23)24)29-15(5)11-13-18(19(6,28)9-3)17(8-2)21(25,26)27/h7,10-13,28H,4-5,8-9H2,1-3,6H3/b12-10-,13-11-,16-7+,18-17-. The molecule has 164 valence electrons. The Labute approximate surface area is 167 Å². The summed E-state index contributed by atoms with van der Waals surface area (Å²) in [4.78, 5) is 0. The van der Waals surface area contributed by atoms with Crippen LogP contribution in [0.25, 0.3) is 0 Å². The van der Waals surface area contributed by atoms with Crippen LogP contribution in [0.15, 0.2) is 71.8 Å². The minimum atomic E-state index is -4.63. The zero-order valence-electron chi connectivity index (χ0n) is 16.8. The predicted octanol–water partition coefficient (Wildman–Crippen LogP) is 7.08. The van der Waals surface area contributed by atoms with Gasteiger partial charge < -0.3 is 9.84 Å². The molecule has 0 aliphatic rings. The van der Waals surface area contributed by atoms with Gasteiger partial charge in [0.2, 0.25) is 0 Å². The Bertz CT molecular complexity index is 716. The summed E-state index contributed by atoms with van der Waals surface area (Å²) in [5, 5.41) is 10.4. The normalized spacial score (nSPS) is 16.7. The second-order valence-electron chi connectivity index (χ2n) is 6.32. The zero-order chi connectivity index (χ0) is 23.0. The van der Waals surface area contributed by atoms with Gasteiger partial charge in [0.15, 0.2) is 0 Å². The van der Waals surface area contributed by atoms with Crippen molar-refractivity contribution < 1.29 is 36.2 Å². The fourth-order valence-electron chi connectivity index (χ4n) is 2.17. The molecule has 0 aromatic rings. The molecule has 0 rings (SSSR count). The van der Waals surface area contributed by atoms with E-state index in [0.29, 0.717) is 6.08 Å². The van der Waals surface area contributed by atoms with Crippen LogP contribution in [0.2, 0.25) is 0 Å². The molecule has 0 aromatic carbocycles. The van der Waals surface area contributed by atoms with E-state index < -0.39 is 29.1 Å². The van der Waals surface area contributed by atoms with Crippen molar-refractivity contribution in [2.45, 2.75) is 58.5 Å². The average molecular weight is 424 g/mol. The highest BCUT2D eigenvalue weighted by atomic mass is 19.4. The Balaban J connectivity index is 5.68. The van der Waals surface area contributed by atoms with Gasteiger partial charge in [-0.25, -0.2) is 0 Å². The third-order valence-corrected chi connectivity index (χ3v) is 4.07. The molecular weight excluding hydrogens is 398 g/mol. The molecule has 0 aromatic heterocycles. The van der Waals surface area contributed by atoms with E-state index in [9.17, 15) is 31.4 Å². The summed E-state index contributed by atoms with van der Waals surface area (Å²) in [5.41, 5.74) is -4.06. The Morgan fingerprint density at radius 3 is 1.86 bits per heavy atom. The third-order valence-electron chi connectivity index (χ3n) is 4.07. The Kier molecular flexibility index (Phi) is 9.72. The van der Waals surface area contributed by atoms with Gasteiger partial charge in [-0.3, -0.25) is 0 Å². The molecule has 0 saturated heterocycles. The van der Waals surface area contributed by atoms with Gasteiger partial charge in [0.05, 0.1) is 5.60 Å². The summed E-state index contributed by atoms with van der Waals surface area (Å²) >= 11 is 0. The molecule has 1 atom stereocenters. The summed E-state index contributed by atoms with van der Waals surface area (Å²) in [7, 11) is 0. The highest BCUT2D eigenvalue weighted by molar-refractivity contribution is 5.38. The fourth-order valence-corrected chi connectivity index (χ4v) is 2.17. The van der Waals surface area contributed by atoms with E-state index in [1.807, 2.05) is 0 Å². The number of rotatable bonds is 9. The van der Waals surface area contributed by atoms with Crippen LogP contribution in [0.5, 0.6) is 0 Å².